The Hall–Kier alpha value is -1.29. The number of fused-ring (bicyclic) bond motifs is 1. The lowest BCUT2D eigenvalue weighted by Crippen LogP contribution is -1.93. The fraction of sp³-hybridized carbons (Fsp3) is 0.579. The second-order valence-electron chi connectivity index (χ2n) is 5.98. The summed E-state index contributed by atoms with van der Waals surface area (Å²) in [7, 11) is 0. The zero-order valence-corrected chi connectivity index (χ0v) is 15.3. The Kier molecular flexibility index (Phi) is 8.23. The van der Waals surface area contributed by atoms with Crippen molar-refractivity contribution in [3.63, 3.8) is 0 Å². The highest BCUT2D eigenvalue weighted by Gasteiger charge is 2.04. The monoisotopic (exact) mass is 331 g/mol. The molecular weight excluding hydrogens is 302 g/mol. The van der Waals surface area contributed by atoms with Gasteiger partial charge in [0.2, 0.25) is 0 Å². The van der Waals surface area contributed by atoms with Crippen LogP contribution >= 0.6 is 11.8 Å². The van der Waals surface area contributed by atoms with Gasteiger partial charge in [-0.25, -0.2) is 4.68 Å². The van der Waals surface area contributed by atoms with E-state index in [4.69, 9.17) is 0 Å². The predicted octanol–water partition coefficient (Wildman–Crippen LogP) is 6.12. The van der Waals surface area contributed by atoms with Crippen molar-refractivity contribution in [2.24, 2.45) is 0 Å². The van der Waals surface area contributed by atoms with Crippen LogP contribution in [-0.2, 0) is 0 Å². The molecule has 0 aliphatic heterocycles. The number of hydrogen-bond acceptors (Lipinski definition) is 3. The molecule has 0 spiro atoms. The van der Waals surface area contributed by atoms with Gasteiger partial charge in [-0.15, -0.1) is 16.9 Å². The molecular formula is C19H29N3S. The van der Waals surface area contributed by atoms with Gasteiger partial charge in [-0.1, -0.05) is 63.3 Å². The summed E-state index contributed by atoms with van der Waals surface area (Å²) in [5.41, 5.74) is 2.05. The number of benzene rings is 1. The van der Waals surface area contributed by atoms with Crippen LogP contribution in [0.3, 0.4) is 0 Å². The molecule has 0 bridgehead atoms. The normalized spacial score (nSPS) is 12.2. The molecule has 0 aliphatic carbocycles. The molecule has 4 heteroatoms. The summed E-state index contributed by atoms with van der Waals surface area (Å²) in [5.74, 6) is 1.20. The zero-order valence-electron chi connectivity index (χ0n) is 14.5. The van der Waals surface area contributed by atoms with Crippen LogP contribution in [0.5, 0.6) is 0 Å². The van der Waals surface area contributed by atoms with Crippen molar-refractivity contribution in [2.75, 3.05) is 5.75 Å². The van der Waals surface area contributed by atoms with Crippen LogP contribution in [0.2, 0.25) is 0 Å². The van der Waals surface area contributed by atoms with E-state index in [9.17, 15) is 0 Å². The van der Waals surface area contributed by atoms with Gasteiger partial charge in [-0.05, 0) is 37.1 Å². The molecule has 0 fully saturated rings. The van der Waals surface area contributed by atoms with E-state index in [0.29, 0.717) is 0 Å². The number of unbranched alkanes of at least 4 members (excludes halogenated alkanes) is 5. The molecule has 2 aromatic rings. The molecule has 0 N–H and O–H groups in total. The van der Waals surface area contributed by atoms with Crippen LogP contribution in [0.25, 0.3) is 17.2 Å². The maximum Gasteiger partial charge on any atom is 0.113 e. The topological polar surface area (TPSA) is 30.7 Å². The molecule has 2 rings (SSSR count). The van der Waals surface area contributed by atoms with Gasteiger partial charge >= 0.3 is 0 Å². The van der Waals surface area contributed by atoms with Gasteiger partial charge in [0.1, 0.15) is 5.52 Å². The average Bonchev–Trinajstić information content (AvgIpc) is 2.98. The first-order valence-corrected chi connectivity index (χ1v) is 9.97. The lowest BCUT2D eigenvalue weighted by molar-refractivity contribution is 0.636. The smallest absolute Gasteiger partial charge is 0.113 e. The Labute approximate surface area is 144 Å². The largest absolute Gasteiger partial charge is 0.219 e. The Morgan fingerprint density at radius 2 is 1.83 bits per heavy atom. The maximum absolute atomic E-state index is 4.30. The Bertz CT molecular complexity index is 603. The number of hydrogen-bond donors (Lipinski definition) is 0. The molecule has 3 nitrogen and oxygen atoms in total. The van der Waals surface area contributed by atoms with Crippen LogP contribution in [0.15, 0.2) is 29.2 Å². The molecule has 1 aromatic carbocycles. The van der Waals surface area contributed by atoms with Crippen molar-refractivity contribution in [3.8, 4) is 0 Å². The highest BCUT2D eigenvalue weighted by atomic mass is 32.2. The SMILES string of the molecule is CCCCCCCC(=Cn1nnc2ccccc21)SCCCC. The zero-order chi connectivity index (χ0) is 16.3. The van der Waals surface area contributed by atoms with Crippen LogP contribution in [0.1, 0.15) is 65.2 Å². The first kappa shape index (κ1) is 18.1. The van der Waals surface area contributed by atoms with Gasteiger partial charge in [-0.2, -0.15) is 0 Å². The molecule has 126 valence electrons. The lowest BCUT2D eigenvalue weighted by atomic mass is 10.1. The number of nitrogens with zero attached hydrogens (tertiary/aromatic N) is 3. The van der Waals surface area contributed by atoms with Crippen molar-refractivity contribution >= 4 is 29.0 Å². The van der Waals surface area contributed by atoms with E-state index in [-0.39, 0.29) is 0 Å². The third kappa shape index (κ3) is 6.02. The van der Waals surface area contributed by atoms with Crippen molar-refractivity contribution in [1.82, 2.24) is 15.0 Å². The van der Waals surface area contributed by atoms with E-state index < -0.39 is 0 Å². The molecule has 0 unspecified atom stereocenters. The molecule has 0 atom stereocenters. The highest BCUT2D eigenvalue weighted by Crippen LogP contribution is 2.25. The molecule has 0 aliphatic rings. The quantitative estimate of drug-likeness (QED) is 0.464. The lowest BCUT2D eigenvalue weighted by Gasteiger charge is -2.07. The summed E-state index contributed by atoms with van der Waals surface area (Å²) in [6.45, 7) is 4.52. The summed E-state index contributed by atoms with van der Waals surface area (Å²) >= 11 is 1.99. The number of aromatic nitrogens is 3. The van der Waals surface area contributed by atoms with Crippen LogP contribution in [0.4, 0.5) is 0 Å². The average molecular weight is 332 g/mol. The minimum Gasteiger partial charge on any atom is -0.219 e. The Balaban J connectivity index is 2.02. The fourth-order valence-corrected chi connectivity index (χ4v) is 3.70. The Morgan fingerprint density at radius 3 is 2.65 bits per heavy atom. The van der Waals surface area contributed by atoms with E-state index in [1.54, 1.807) is 0 Å². The summed E-state index contributed by atoms with van der Waals surface area (Å²) in [6, 6.07) is 8.16. The first-order chi connectivity index (χ1) is 11.3. The van der Waals surface area contributed by atoms with Gasteiger partial charge in [-0.3, -0.25) is 0 Å². The molecule has 0 amide bonds. The van der Waals surface area contributed by atoms with Crippen LogP contribution in [-0.4, -0.2) is 20.7 Å². The third-order valence-electron chi connectivity index (χ3n) is 3.96. The van der Waals surface area contributed by atoms with Crippen molar-refractivity contribution in [1.29, 1.82) is 0 Å². The van der Waals surface area contributed by atoms with Gasteiger partial charge in [0.25, 0.3) is 0 Å². The number of rotatable bonds is 11. The predicted molar refractivity (Wildman–Crippen MR) is 103 cm³/mol. The summed E-state index contributed by atoms with van der Waals surface area (Å²) in [4.78, 5) is 1.44. The van der Waals surface area contributed by atoms with Crippen LogP contribution in [0, 0.1) is 0 Å². The Morgan fingerprint density at radius 1 is 1.04 bits per heavy atom. The number of allylic oxidation sites excluding steroid dienone is 1. The second kappa shape index (κ2) is 10.5. The fourth-order valence-electron chi connectivity index (χ4n) is 2.54. The second-order valence-corrected chi connectivity index (χ2v) is 7.21. The van der Waals surface area contributed by atoms with Crippen molar-refractivity contribution in [2.45, 2.75) is 65.2 Å². The molecule has 1 aromatic heterocycles. The molecule has 1 heterocycles. The molecule has 0 saturated carbocycles. The van der Waals surface area contributed by atoms with Gasteiger partial charge < -0.3 is 0 Å². The number of thioether (sulfide) groups is 1. The van der Waals surface area contributed by atoms with E-state index in [2.05, 4.69) is 36.4 Å². The third-order valence-corrected chi connectivity index (χ3v) is 5.13. The van der Waals surface area contributed by atoms with E-state index in [1.807, 2.05) is 34.6 Å². The summed E-state index contributed by atoms with van der Waals surface area (Å²) in [6.07, 6.45) is 12.5. The minimum absolute atomic E-state index is 0.963. The molecule has 0 saturated heterocycles. The standard InChI is InChI=1S/C19H29N3S/c1-3-5-7-8-9-12-17(23-15-6-4-2)16-22-19-14-11-10-13-18(19)20-21-22/h10-11,13-14,16H,3-9,12,15H2,1-2H3. The molecule has 23 heavy (non-hydrogen) atoms. The van der Waals surface area contributed by atoms with E-state index in [1.165, 1.54) is 55.6 Å². The van der Waals surface area contributed by atoms with E-state index in [0.717, 1.165) is 17.5 Å². The van der Waals surface area contributed by atoms with Gasteiger partial charge in [0.05, 0.1) is 5.52 Å². The van der Waals surface area contributed by atoms with Crippen LogP contribution < -0.4 is 0 Å². The maximum atomic E-state index is 4.30. The highest BCUT2D eigenvalue weighted by molar-refractivity contribution is 8.03. The van der Waals surface area contributed by atoms with E-state index >= 15 is 0 Å². The number of para-hydroxylation sites is 1. The minimum atomic E-state index is 0.963. The van der Waals surface area contributed by atoms with Crippen molar-refractivity contribution in [3.05, 3.63) is 29.2 Å². The first-order valence-electron chi connectivity index (χ1n) is 8.98. The van der Waals surface area contributed by atoms with Gasteiger partial charge in [0.15, 0.2) is 0 Å². The summed E-state index contributed by atoms with van der Waals surface area (Å²) < 4.78 is 1.94. The van der Waals surface area contributed by atoms with Crippen molar-refractivity contribution < 1.29 is 0 Å². The molecule has 0 radical (unpaired) electrons. The summed E-state index contributed by atoms with van der Waals surface area (Å²) in [5, 5.41) is 8.55. The van der Waals surface area contributed by atoms with Gasteiger partial charge in [0, 0.05) is 11.1 Å².